The van der Waals surface area contributed by atoms with Crippen molar-refractivity contribution >= 4 is 5.91 Å². The molecule has 2 atom stereocenters. The van der Waals surface area contributed by atoms with Crippen LogP contribution in [0.2, 0.25) is 0 Å². The predicted octanol–water partition coefficient (Wildman–Crippen LogP) is -0.698. The first-order valence-corrected chi connectivity index (χ1v) is 8.09. The van der Waals surface area contributed by atoms with Gasteiger partial charge in [-0.3, -0.25) is 24.1 Å². The summed E-state index contributed by atoms with van der Waals surface area (Å²) in [6.45, 7) is 2.08. The van der Waals surface area contributed by atoms with Gasteiger partial charge in [0, 0.05) is 43.2 Å². The summed E-state index contributed by atoms with van der Waals surface area (Å²) in [5.41, 5.74) is 0.352. The summed E-state index contributed by atoms with van der Waals surface area (Å²) in [6, 6.07) is 3.78. The van der Waals surface area contributed by atoms with Gasteiger partial charge < -0.3 is 10.0 Å². The van der Waals surface area contributed by atoms with Crippen LogP contribution in [0.3, 0.4) is 0 Å². The van der Waals surface area contributed by atoms with E-state index in [9.17, 15) is 19.5 Å². The summed E-state index contributed by atoms with van der Waals surface area (Å²) in [6.07, 6.45) is 4.83. The van der Waals surface area contributed by atoms with Crippen molar-refractivity contribution in [3.63, 3.8) is 0 Å². The van der Waals surface area contributed by atoms with Crippen molar-refractivity contribution in [3.05, 3.63) is 62.7 Å². The molecule has 2 aromatic heterocycles. The Morgan fingerprint density at radius 3 is 2.76 bits per heavy atom. The summed E-state index contributed by atoms with van der Waals surface area (Å²) in [7, 11) is 0. The van der Waals surface area contributed by atoms with Gasteiger partial charge in [0.15, 0.2) is 0 Å². The van der Waals surface area contributed by atoms with Crippen LogP contribution in [-0.4, -0.2) is 49.6 Å². The molecule has 0 aliphatic carbocycles. The number of pyridine rings is 1. The minimum absolute atomic E-state index is 0.0552. The lowest BCUT2D eigenvalue weighted by atomic mass is 9.97. The number of aliphatic hydroxyl groups is 1. The Hall–Kier alpha value is -2.74. The van der Waals surface area contributed by atoms with E-state index in [4.69, 9.17) is 0 Å². The van der Waals surface area contributed by atoms with E-state index in [1.165, 1.54) is 10.8 Å². The van der Waals surface area contributed by atoms with E-state index in [0.29, 0.717) is 18.5 Å². The average molecular weight is 344 g/mol. The quantitative estimate of drug-likeness (QED) is 0.763. The normalized spacial score (nSPS) is 20.0. The maximum Gasteiger partial charge on any atom is 0.328 e. The number of amides is 1. The average Bonchev–Trinajstić information content (AvgIpc) is 2.94. The van der Waals surface area contributed by atoms with Gasteiger partial charge in [-0.15, -0.1) is 0 Å². The molecule has 1 aliphatic rings. The predicted molar refractivity (Wildman–Crippen MR) is 90.1 cm³/mol. The molecule has 1 aliphatic heterocycles. The molecular formula is C17H20N4O4. The van der Waals surface area contributed by atoms with Crippen molar-refractivity contribution in [2.45, 2.75) is 26.0 Å². The van der Waals surface area contributed by atoms with Crippen LogP contribution in [0.4, 0.5) is 0 Å². The molecule has 0 aromatic carbocycles. The Balaban J connectivity index is 1.67. The second-order valence-corrected chi connectivity index (χ2v) is 6.39. The van der Waals surface area contributed by atoms with E-state index >= 15 is 0 Å². The summed E-state index contributed by atoms with van der Waals surface area (Å²) >= 11 is 0. The van der Waals surface area contributed by atoms with Gasteiger partial charge in [0.2, 0.25) is 5.91 Å². The second-order valence-electron chi connectivity index (χ2n) is 6.39. The second kappa shape index (κ2) is 7.02. The number of nitrogens with zero attached hydrogens (tertiary/aromatic N) is 3. The van der Waals surface area contributed by atoms with E-state index in [0.717, 1.165) is 5.56 Å². The SMILES string of the molecule is Cc1cn(CC(=O)N2C[C@@H](Cc3ccncc3)[C@H](O)C2)c(=O)[nH]c1=O. The fraction of sp³-hybridized carbons (Fsp3) is 0.412. The third-order valence-electron chi connectivity index (χ3n) is 4.50. The number of hydrogen-bond acceptors (Lipinski definition) is 5. The number of aromatic nitrogens is 3. The van der Waals surface area contributed by atoms with Crippen LogP contribution in [-0.2, 0) is 17.8 Å². The third kappa shape index (κ3) is 3.85. The fourth-order valence-corrected chi connectivity index (χ4v) is 3.06. The number of hydrogen-bond donors (Lipinski definition) is 2. The van der Waals surface area contributed by atoms with Crippen molar-refractivity contribution in [3.8, 4) is 0 Å². The lowest BCUT2D eigenvalue weighted by molar-refractivity contribution is -0.131. The number of β-amino-alcohol motifs (C(OH)–C–C–N with tert-alkyl or cyclic N) is 1. The molecule has 132 valence electrons. The molecule has 0 saturated carbocycles. The number of carbonyl (C=O) groups is 1. The highest BCUT2D eigenvalue weighted by Gasteiger charge is 2.34. The van der Waals surface area contributed by atoms with Crippen LogP contribution in [0.15, 0.2) is 40.3 Å². The maximum atomic E-state index is 12.5. The lowest BCUT2D eigenvalue weighted by Crippen LogP contribution is -2.38. The Kier molecular flexibility index (Phi) is 4.80. The minimum atomic E-state index is -0.614. The molecule has 0 spiro atoms. The van der Waals surface area contributed by atoms with Crippen molar-refractivity contribution in [1.82, 2.24) is 19.4 Å². The zero-order chi connectivity index (χ0) is 18.0. The summed E-state index contributed by atoms with van der Waals surface area (Å²) in [5.74, 6) is -0.315. The first-order chi connectivity index (χ1) is 11.9. The molecule has 2 N–H and O–H groups in total. The van der Waals surface area contributed by atoms with Crippen LogP contribution < -0.4 is 11.2 Å². The third-order valence-corrected chi connectivity index (χ3v) is 4.50. The monoisotopic (exact) mass is 344 g/mol. The molecule has 0 unspecified atom stereocenters. The first kappa shape index (κ1) is 17.1. The Morgan fingerprint density at radius 2 is 2.04 bits per heavy atom. The van der Waals surface area contributed by atoms with Gasteiger partial charge in [-0.05, 0) is 31.0 Å². The highest BCUT2D eigenvalue weighted by molar-refractivity contribution is 5.76. The Morgan fingerprint density at radius 1 is 1.32 bits per heavy atom. The molecule has 3 heterocycles. The summed E-state index contributed by atoms with van der Waals surface area (Å²) in [4.78, 5) is 43.3. The number of carbonyl (C=O) groups excluding carboxylic acids is 1. The van der Waals surface area contributed by atoms with Gasteiger partial charge >= 0.3 is 5.69 Å². The standard InChI is InChI=1S/C17H20N4O4/c1-11-7-21(17(25)19-16(11)24)10-15(23)20-8-13(14(22)9-20)6-12-2-4-18-5-3-12/h2-5,7,13-14,22H,6,8-10H2,1H3,(H,19,24,25)/t13-,14-/m1/s1. The van der Waals surface area contributed by atoms with Crippen LogP contribution in [0, 0.1) is 12.8 Å². The van der Waals surface area contributed by atoms with Gasteiger partial charge in [0.25, 0.3) is 5.56 Å². The van der Waals surface area contributed by atoms with Crippen molar-refractivity contribution < 1.29 is 9.90 Å². The van der Waals surface area contributed by atoms with Gasteiger partial charge in [-0.25, -0.2) is 4.79 Å². The maximum absolute atomic E-state index is 12.5. The Bertz CT molecular complexity index is 874. The van der Waals surface area contributed by atoms with Crippen molar-refractivity contribution in [1.29, 1.82) is 0 Å². The molecule has 0 bridgehead atoms. The van der Waals surface area contributed by atoms with Crippen molar-refractivity contribution in [2.75, 3.05) is 13.1 Å². The number of aliphatic hydroxyl groups excluding tert-OH is 1. The molecule has 1 amide bonds. The molecule has 8 nitrogen and oxygen atoms in total. The lowest BCUT2D eigenvalue weighted by Gasteiger charge is -2.17. The summed E-state index contributed by atoms with van der Waals surface area (Å²) < 4.78 is 1.18. The van der Waals surface area contributed by atoms with Crippen LogP contribution in [0.1, 0.15) is 11.1 Å². The van der Waals surface area contributed by atoms with Crippen LogP contribution >= 0.6 is 0 Å². The molecule has 2 aromatic rings. The van der Waals surface area contributed by atoms with Gasteiger partial charge in [-0.2, -0.15) is 0 Å². The van der Waals surface area contributed by atoms with Gasteiger partial charge in [0.05, 0.1) is 6.10 Å². The van der Waals surface area contributed by atoms with E-state index in [1.807, 2.05) is 12.1 Å². The number of likely N-dealkylation sites (tertiary alicyclic amines) is 1. The smallest absolute Gasteiger partial charge is 0.328 e. The number of aromatic amines is 1. The van der Waals surface area contributed by atoms with E-state index < -0.39 is 17.4 Å². The molecule has 0 radical (unpaired) electrons. The molecular weight excluding hydrogens is 324 g/mol. The number of nitrogens with one attached hydrogen (secondary N) is 1. The van der Waals surface area contributed by atoms with Crippen LogP contribution in [0.25, 0.3) is 0 Å². The van der Waals surface area contributed by atoms with Gasteiger partial charge in [0.1, 0.15) is 6.54 Å². The summed E-state index contributed by atoms with van der Waals surface area (Å²) in [5, 5.41) is 10.2. The molecule has 25 heavy (non-hydrogen) atoms. The number of H-pyrrole nitrogens is 1. The largest absolute Gasteiger partial charge is 0.391 e. The molecule has 1 fully saturated rings. The molecule has 3 rings (SSSR count). The Labute approximate surface area is 143 Å². The molecule has 8 heteroatoms. The minimum Gasteiger partial charge on any atom is -0.391 e. The zero-order valence-corrected chi connectivity index (χ0v) is 13.9. The van der Waals surface area contributed by atoms with Crippen LogP contribution in [0.5, 0.6) is 0 Å². The fourth-order valence-electron chi connectivity index (χ4n) is 3.06. The number of aryl methyl sites for hydroxylation is 1. The topological polar surface area (TPSA) is 108 Å². The van der Waals surface area contributed by atoms with E-state index in [-0.39, 0.29) is 24.9 Å². The van der Waals surface area contributed by atoms with E-state index in [1.54, 1.807) is 24.2 Å². The first-order valence-electron chi connectivity index (χ1n) is 8.09. The van der Waals surface area contributed by atoms with Gasteiger partial charge in [-0.1, -0.05) is 0 Å². The highest BCUT2D eigenvalue weighted by Crippen LogP contribution is 2.21. The highest BCUT2D eigenvalue weighted by atomic mass is 16.3. The zero-order valence-electron chi connectivity index (χ0n) is 13.9. The van der Waals surface area contributed by atoms with Crippen molar-refractivity contribution in [2.24, 2.45) is 5.92 Å². The molecule has 1 saturated heterocycles. The number of rotatable bonds is 4. The van der Waals surface area contributed by atoms with E-state index in [2.05, 4.69) is 9.97 Å².